The summed E-state index contributed by atoms with van der Waals surface area (Å²) >= 11 is 1.87. The smallest absolute Gasteiger partial charge is 0.135 e. The van der Waals surface area contributed by atoms with Gasteiger partial charge >= 0.3 is 0 Å². The second kappa shape index (κ2) is 15.7. The summed E-state index contributed by atoms with van der Waals surface area (Å²) in [7, 11) is 0. The number of rotatable bonds is 9. The van der Waals surface area contributed by atoms with Crippen molar-refractivity contribution in [2.24, 2.45) is 0 Å². The summed E-state index contributed by atoms with van der Waals surface area (Å²) in [5.74, 6) is 0. The number of allylic oxidation sites excluding steroid dienone is 5. The van der Waals surface area contributed by atoms with Gasteiger partial charge in [0.25, 0.3) is 0 Å². The van der Waals surface area contributed by atoms with Gasteiger partial charge in [-0.05, 0) is 117 Å². The Kier molecular flexibility index (Phi) is 9.33. The lowest BCUT2D eigenvalue weighted by Gasteiger charge is -2.34. The predicted molar refractivity (Wildman–Crippen MR) is 276 cm³/mol. The van der Waals surface area contributed by atoms with Crippen molar-refractivity contribution in [1.82, 2.24) is 0 Å². The lowest BCUT2D eigenvalue weighted by Crippen LogP contribution is -2.29. The van der Waals surface area contributed by atoms with Crippen molar-refractivity contribution < 1.29 is 4.42 Å². The van der Waals surface area contributed by atoms with Crippen molar-refractivity contribution in [1.29, 1.82) is 0 Å². The van der Waals surface area contributed by atoms with Crippen LogP contribution in [0.4, 0.5) is 11.4 Å². The Bertz CT molecular complexity index is 3630. The summed E-state index contributed by atoms with van der Waals surface area (Å²) in [5, 5.41) is 4.87. The Balaban J connectivity index is 0.985. The van der Waals surface area contributed by atoms with Gasteiger partial charge in [0.1, 0.15) is 11.2 Å². The number of hydrogen-bond acceptors (Lipinski definition) is 3. The Morgan fingerprint density at radius 3 is 1.78 bits per heavy atom. The fourth-order valence-corrected chi connectivity index (χ4v) is 11.6. The number of fused-ring (bicyclic) bond motifs is 9. The molecular formula is C62H43NOS. The maximum atomic E-state index is 6.16. The van der Waals surface area contributed by atoms with Crippen LogP contribution in [0.3, 0.4) is 0 Å². The van der Waals surface area contributed by atoms with Gasteiger partial charge < -0.3 is 9.32 Å². The van der Waals surface area contributed by atoms with E-state index in [4.69, 9.17) is 4.42 Å². The number of furan rings is 1. The fraction of sp³-hybridized carbons (Fsp3) is 0.0323. The molecule has 65 heavy (non-hydrogen) atoms. The normalized spacial score (nSPS) is 13.4. The molecule has 0 N–H and O–H groups in total. The number of thiophene rings is 1. The standard InChI is InChI=1S/C62H43NOS/c1-3-45(62(46-16-5-4-6-17-46)56-24-11-7-18-50(56)51-19-8-12-25-57(51)62)34-28-41(2)63(47-35-29-42(30-36-47)44-33-39-59-55(40-44)52-20-9-13-26-58(52)64-59)48-37-31-43(32-38-48)49-22-15-23-54-53-21-10-14-27-60(53)65-61(49)54/h3-40H,1H2,2H3/b41-28+,45-34+. The van der Waals surface area contributed by atoms with Crippen LogP contribution < -0.4 is 4.90 Å². The quantitative estimate of drug-likeness (QED) is 0.135. The van der Waals surface area contributed by atoms with E-state index in [2.05, 4.69) is 237 Å². The zero-order valence-corrected chi connectivity index (χ0v) is 36.7. The van der Waals surface area contributed by atoms with Crippen LogP contribution in [-0.2, 0) is 5.41 Å². The molecule has 11 aromatic rings. The highest BCUT2D eigenvalue weighted by Gasteiger charge is 2.46. The van der Waals surface area contributed by atoms with Crippen LogP contribution in [-0.4, -0.2) is 0 Å². The van der Waals surface area contributed by atoms with Gasteiger partial charge in [-0.2, -0.15) is 0 Å². The molecule has 1 aliphatic carbocycles. The van der Waals surface area contributed by atoms with Gasteiger partial charge in [-0.15, -0.1) is 11.3 Å². The Morgan fingerprint density at radius 1 is 0.492 bits per heavy atom. The first kappa shape index (κ1) is 38.7. The molecule has 0 atom stereocenters. The summed E-state index contributed by atoms with van der Waals surface area (Å²) in [5.41, 5.74) is 16.6. The van der Waals surface area contributed by atoms with E-state index in [9.17, 15) is 0 Å². The van der Waals surface area contributed by atoms with Crippen molar-refractivity contribution >= 4 is 64.8 Å². The molecule has 0 saturated carbocycles. The molecule has 2 heterocycles. The molecular weight excluding hydrogens is 807 g/mol. The Hall–Kier alpha value is -7.98. The van der Waals surface area contributed by atoms with E-state index in [-0.39, 0.29) is 0 Å². The molecule has 0 unspecified atom stereocenters. The number of benzene rings is 9. The minimum absolute atomic E-state index is 0.546. The molecule has 1 aliphatic rings. The summed E-state index contributed by atoms with van der Waals surface area (Å²) in [4.78, 5) is 2.36. The van der Waals surface area contributed by atoms with Crippen LogP contribution in [0.5, 0.6) is 0 Å². The third-order valence-electron chi connectivity index (χ3n) is 13.3. The summed E-state index contributed by atoms with van der Waals surface area (Å²) in [6.07, 6.45) is 6.61. The zero-order chi connectivity index (χ0) is 43.5. The number of para-hydroxylation sites is 1. The second-order valence-corrected chi connectivity index (χ2v) is 17.9. The van der Waals surface area contributed by atoms with Crippen molar-refractivity contribution in [3.05, 3.63) is 265 Å². The van der Waals surface area contributed by atoms with Gasteiger partial charge in [0.15, 0.2) is 0 Å². The Morgan fingerprint density at radius 2 is 1.06 bits per heavy atom. The van der Waals surface area contributed by atoms with Crippen LogP contribution in [0.15, 0.2) is 253 Å². The van der Waals surface area contributed by atoms with E-state index in [0.717, 1.165) is 55.7 Å². The van der Waals surface area contributed by atoms with E-state index in [1.54, 1.807) is 0 Å². The molecule has 308 valence electrons. The van der Waals surface area contributed by atoms with E-state index in [1.807, 2.05) is 23.5 Å². The lowest BCUT2D eigenvalue weighted by atomic mass is 9.67. The first-order valence-electron chi connectivity index (χ1n) is 22.2. The summed E-state index contributed by atoms with van der Waals surface area (Å²) in [6, 6.07) is 76.8. The highest BCUT2D eigenvalue weighted by atomic mass is 32.1. The van der Waals surface area contributed by atoms with E-state index in [1.165, 1.54) is 59.1 Å². The topological polar surface area (TPSA) is 16.4 Å². The van der Waals surface area contributed by atoms with Crippen LogP contribution in [0.1, 0.15) is 23.6 Å². The van der Waals surface area contributed by atoms with Crippen LogP contribution in [0, 0.1) is 0 Å². The molecule has 0 bridgehead atoms. The van der Waals surface area contributed by atoms with E-state index < -0.39 is 5.41 Å². The van der Waals surface area contributed by atoms with Gasteiger partial charge in [-0.1, -0.05) is 183 Å². The predicted octanol–water partition coefficient (Wildman–Crippen LogP) is 17.5. The van der Waals surface area contributed by atoms with Crippen molar-refractivity contribution in [2.45, 2.75) is 12.3 Å². The fourth-order valence-electron chi connectivity index (χ4n) is 10.4. The molecule has 2 nitrogen and oxygen atoms in total. The first-order valence-corrected chi connectivity index (χ1v) is 23.0. The average molecular weight is 850 g/mol. The molecule has 12 rings (SSSR count). The average Bonchev–Trinajstić information content (AvgIpc) is 4.04. The number of anilines is 2. The van der Waals surface area contributed by atoms with E-state index in [0.29, 0.717) is 0 Å². The van der Waals surface area contributed by atoms with Crippen LogP contribution in [0.2, 0.25) is 0 Å². The maximum Gasteiger partial charge on any atom is 0.135 e. The minimum atomic E-state index is -0.546. The van der Waals surface area contributed by atoms with Crippen molar-refractivity contribution in [2.75, 3.05) is 4.90 Å². The molecule has 0 radical (unpaired) electrons. The zero-order valence-electron chi connectivity index (χ0n) is 35.9. The molecule has 0 saturated heterocycles. The molecule has 3 heteroatoms. The first-order chi connectivity index (χ1) is 32.1. The third kappa shape index (κ3) is 6.23. The highest BCUT2D eigenvalue weighted by Crippen LogP contribution is 2.56. The minimum Gasteiger partial charge on any atom is -0.456 e. The van der Waals surface area contributed by atoms with E-state index >= 15 is 0 Å². The van der Waals surface area contributed by atoms with Crippen LogP contribution in [0.25, 0.3) is 75.5 Å². The highest BCUT2D eigenvalue weighted by molar-refractivity contribution is 7.26. The van der Waals surface area contributed by atoms with Gasteiger partial charge in [0.2, 0.25) is 0 Å². The number of hydrogen-bond donors (Lipinski definition) is 0. The second-order valence-electron chi connectivity index (χ2n) is 16.9. The summed E-state index contributed by atoms with van der Waals surface area (Å²) < 4.78 is 8.79. The molecule has 0 spiro atoms. The van der Waals surface area contributed by atoms with Gasteiger partial charge in [0.05, 0.1) is 5.41 Å². The largest absolute Gasteiger partial charge is 0.456 e. The Labute approximate surface area is 383 Å². The summed E-state index contributed by atoms with van der Waals surface area (Å²) in [6.45, 7) is 6.70. The van der Waals surface area contributed by atoms with Gasteiger partial charge in [-0.3, -0.25) is 0 Å². The van der Waals surface area contributed by atoms with Crippen molar-refractivity contribution in [3.8, 4) is 33.4 Å². The molecule has 9 aromatic carbocycles. The molecule has 0 aliphatic heterocycles. The lowest BCUT2D eigenvalue weighted by molar-refractivity contribution is 0.669. The van der Waals surface area contributed by atoms with Gasteiger partial charge in [-0.25, -0.2) is 0 Å². The SMILES string of the molecule is C=C/C(=C\C=C(/C)N(c1ccc(-c2ccc3oc4ccccc4c3c2)cc1)c1ccc(-c2cccc3c2sc2ccccc23)cc1)C1(c2ccccc2)c2ccccc2-c2ccccc21. The number of nitrogens with zero attached hydrogens (tertiary/aromatic N) is 1. The monoisotopic (exact) mass is 849 g/mol. The molecule has 0 amide bonds. The molecule has 0 fully saturated rings. The van der Waals surface area contributed by atoms with Crippen molar-refractivity contribution in [3.63, 3.8) is 0 Å². The maximum absolute atomic E-state index is 6.16. The molecule has 2 aromatic heterocycles. The van der Waals surface area contributed by atoms with Crippen LogP contribution >= 0.6 is 11.3 Å². The third-order valence-corrected chi connectivity index (χ3v) is 14.6. The van der Waals surface area contributed by atoms with Gasteiger partial charge in [0, 0.05) is 48.0 Å².